The Kier molecular flexibility index (Phi) is 3.95. The summed E-state index contributed by atoms with van der Waals surface area (Å²) in [5.41, 5.74) is 2.08. The quantitative estimate of drug-likeness (QED) is 0.574. The van der Waals surface area contributed by atoms with Crippen molar-refractivity contribution in [3.8, 4) is 5.75 Å². The first-order chi connectivity index (χ1) is 14.1. The van der Waals surface area contributed by atoms with Gasteiger partial charge in [0.25, 0.3) is 5.91 Å². The van der Waals surface area contributed by atoms with Gasteiger partial charge in [0, 0.05) is 6.54 Å². The van der Waals surface area contributed by atoms with Gasteiger partial charge in [-0.15, -0.1) is 0 Å². The summed E-state index contributed by atoms with van der Waals surface area (Å²) in [6, 6.07) is 22.5. The number of nitrogens with zero attached hydrogens (tertiary/aromatic N) is 1. The molecule has 0 saturated carbocycles. The first-order valence-corrected chi connectivity index (χ1v) is 9.33. The molecule has 0 aliphatic carbocycles. The first kappa shape index (κ1) is 17.3. The number of carbonyl (C=O) groups is 1. The second-order valence-corrected chi connectivity index (χ2v) is 7.09. The third-order valence-electron chi connectivity index (χ3n) is 5.25. The second kappa shape index (κ2) is 6.63. The Morgan fingerprint density at radius 2 is 1.66 bits per heavy atom. The topological polar surface area (TPSA) is 70.8 Å². The maximum absolute atomic E-state index is 13.3. The van der Waals surface area contributed by atoms with Gasteiger partial charge in [-0.1, -0.05) is 54.6 Å². The molecule has 5 rings (SSSR count). The normalized spacial score (nSPS) is 15.7. The van der Waals surface area contributed by atoms with E-state index in [9.17, 15) is 14.7 Å². The van der Waals surface area contributed by atoms with Crippen LogP contribution in [0, 0.1) is 0 Å². The van der Waals surface area contributed by atoms with Gasteiger partial charge >= 0.3 is 0 Å². The molecule has 4 aromatic rings. The van der Waals surface area contributed by atoms with Crippen molar-refractivity contribution in [2.75, 3.05) is 0 Å². The Hall–Kier alpha value is -3.86. The summed E-state index contributed by atoms with van der Waals surface area (Å²) < 4.78 is 5.89. The van der Waals surface area contributed by atoms with Crippen LogP contribution in [0.15, 0.2) is 88.1 Å². The second-order valence-electron chi connectivity index (χ2n) is 7.09. The number of hydrogen-bond donors (Lipinski definition) is 1. The molecule has 1 aliphatic rings. The highest BCUT2D eigenvalue weighted by molar-refractivity contribution is 5.99. The van der Waals surface area contributed by atoms with Crippen LogP contribution in [0.2, 0.25) is 0 Å². The molecule has 1 N–H and O–H groups in total. The number of carbonyl (C=O) groups excluding carboxylic acids is 1. The van der Waals surface area contributed by atoms with Gasteiger partial charge < -0.3 is 14.4 Å². The molecule has 5 heteroatoms. The minimum absolute atomic E-state index is 0.0676. The highest BCUT2D eigenvalue weighted by atomic mass is 16.3. The number of benzene rings is 3. The molecule has 0 radical (unpaired) electrons. The summed E-state index contributed by atoms with van der Waals surface area (Å²) in [5.74, 6) is -0.189. The van der Waals surface area contributed by atoms with Crippen molar-refractivity contribution in [3.05, 3.63) is 112 Å². The lowest BCUT2D eigenvalue weighted by atomic mass is 9.98. The number of rotatable bonds is 3. The van der Waals surface area contributed by atoms with Crippen LogP contribution in [0.25, 0.3) is 11.0 Å². The molecule has 1 atom stereocenters. The molecule has 1 aromatic heterocycles. The molecule has 0 unspecified atom stereocenters. The molecule has 1 aliphatic heterocycles. The van der Waals surface area contributed by atoms with E-state index in [1.165, 1.54) is 0 Å². The third kappa shape index (κ3) is 2.79. The molecule has 29 heavy (non-hydrogen) atoms. The molecular weight excluding hydrogens is 366 g/mol. The van der Waals surface area contributed by atoms with Crippen molar-refractivity contribution >= 4 is 16.9 Å². The number of fused-ring (bicyclic) bond motifs is 2. The fourth-order valence-corrected chi connectivity index (χ4v) is 3.95. The van der Waals surface area contributed by atoms with Gasteiger partial charge in [-0.25, -0.2) is 0 Å². The van der Waals surface area contributed by atoms with Crippen LogP contribution in [0.1, 0.15) is 33.3 Å². The summed E-state index contributed by atoms with van der Waals surface area (Å²) in [4.78, 5) is 28.3. The van der Waals surface area contributed by atoms with Crippen molar-refractivity contribution in [2.24, 2.45) is 0 Å². The number of phenolic OH excluding ortho intramolecular Hbond substituents is 1. The van der Waals surface area contributed by atoms with Gasteiger partial charge in [0.2, 0.25) is 5.76 Å². The van der Waals surface area contributed by atoms with Crippen LogP contribution >= 0.6 is 0 Å². The number of phenols is 1. The van der Waals surface area contributed by atoms with Crippen LogP contribution in [0.3, 0.4) is 0 Å². The lowest BCUT2D eigenvalue weighted by molar-refractivity contribution is 0.0714. The highest BCUT2D eigenvalue weighted by Gasteiger charge is 2.42. The Labute approximate surface area is 166 Å². The zero-order valence-electron chi connectivity index (χ0n) is 15.4. The van der Waals surface area contributed by atoms with Gasteiger partial charge in [-0.2, -0.15) is 0 Å². The van der Waals surface area contributed by atoms with Crippen molar-refractivity contribution in [3.63, 3.8) is 0 Å². The predicted molar refractivity (Wildman–Crippen MR) is 109 cm³/mol. The van der Waals surface area contributed by atoms with Crippen LogP contribution in [-0.2, 0) is 6.54 Å². The Balaban J connectivity index is 1.74. The van der Waals surface area contributed by atoms with Crippen LogP contribution in [-0.4, -0.2) is 15.9 Å². The summed E-state index contributed by atoms with van der Waals surface area (Å²) in [6.45, 7) is 0.319. The maximum atomic E-state index is 13.3. The van der Waals surface area contributed by atoms with E-state index in [-0.39, 0.29) is 22.8 Å². The molecule has 1 amide bonds. The maximum Gasteiger partial charge on any atom is 0.291 e. The average Bonchev–Trinajstić information content (AvgIpc) is 3.01. The van der Waals surface area contributed by atoms with Gasteiger partial charge in [0.05, 0.1) is 17.0 Å². The van der Waals surface area contributed by atoms with Gasteiger partial charge in [0.1, 0.15) is 11.3 Å². The van der Waals surface area contributed by atoms with Crippen LogP contribution in [0.5, 0.6) is 5.75 Å². The molecule has 142 valence electrons. The van der Waals surface area contributed by atoms with Gasteiger partial charge in [-0.05, 0) is 35.4 Å². The minimum atomic E-state index is -0.634. The predicted octanol–water partition coefficient (Wildman–Crippen LogP) is 4.24. The Bertz CT molecular complexity index is 1290. The number of amides is 1. The third-order valence-corrected chi connectivity index (χ3v) is 5.25. The monoisotopic (exact) mass is 383 g/mol. The van der Waals surface area contributed by atoms with E-state index < -0.39 is 6.04 Å². The van der Waals surface area contributed by atoms with Crippen LogP contribution < -0.4 is 5.43 Å². The number of hydrogen-bond acceptors (Lipinski definition) is 4. The SMILES string of the molecule is O=C1c2oc3ccccc3c(=O)c2[C@@H](c2cccc(O)c2)N1Cc1ccccc1. The fourth-order valence-electron chi connectivity index (χ4n) is 3.95. The zero-order valence-corrected chi connectivity index (χ0v) is 15.4. The van der Waals surface area contributed by atoms with E-state index in [1.807, 2.05) is 30.3 Å². The van der Waals surface area contributed by atoms with E-state index in [4.69, 9.17) is 4.42 Å². The molecule has 0 bridgehead atoms. The van der Waals surface area contributed by atoms with E-state index >= 15 is 0 Å². The van der Waals surface area contributed by atoms with Gasteiger partial charge in [0.15, 0.2) is 5.43 Å². The summed E-state index contributed by atoms with van der Waals surface area (Å²) in [6.07, 6.45) is 0. The van der Waals surface area contributed by atoms with E-state index in [0.717, 1.165) is 5.56 Å². The lowest BCUT2D eigenvalue weighted by Crippen LogP contribution is -2.29. The molecule has 0 spiro atoms. The molecule has 2 heterocycles. The Morgan fingerprint density at radius 1 is 0.897 bits per heavy atom. The summed E-state index contributed by atoms with van der Waals surface area (Å²) in [5, 5.41) is 10.4. The van der Waals surface area contributed by atoms with Crippen molar-refractivity contribution < 1.29 is 14.3 Å². The largest absolute Gasteiger partial charge is 0.508 e. The van der Waals surface area contributed by atoms with E-state index in [0.29, 0.717) is 28.6 Å². The van der Waals surface area contributed by atoms with Crippen molar-refractivity contribution in [1.29, 1.82) is 0 Å². The van der Waals surface area contributed by atoms with Crippen molar-refractivity contribution in [1.82, 2.24) is 4.90 Å². The minimum Gasteiger partial charge on any atom is -0.508 e. The first-order valence-electron chi connectivity index (χ1n) is 9.33. The average molecular weight is 383 g/mol. The number of para-hydroxylation sites is 1. The van der Waals surface area contributed by atoms with Crippen molar-refractivity contribution in [2.45, 2.75) is 12.6 Å². The van der Waals surface area contributed by atoms with E-state index in [1.54, 1.807) is 53.4 Å². The fraction of sp³-hybridized carbons (Fsp3) is 0.0833. The summed E-state index contributed by atoms with van der Waals surface area (Å²) in [7, 11) is 0. The Morgan fingerprint density at radius 3 is 2.45 bits per heavy atom. The number of aromatic hydroxyl groups is 1. The van der Waals surface area contributed by atoms with E-state index in [2.05, 4.69) is 0 Å². The molecular formula is C24H17NO4. The molecule has 0 saturated heterocycles. The zero-order chi connectivity index (χ0) is 20.0. The smallest absolute Gasteiger partial charge is 0.291 e. The lowest BCUT2D eigenvalue weighted by Gasteiger charge is -2.25. The van der Waals surface area contributed by atoms with Crippen LogP contribution in [0.4, 0.5) is 0 Å². The standard InChI is InChI=1S/C24H17NO4/c26-17-10-6-9-16(13-17)21-20-22(27)18-11-4-5-12-19(18)29-23(20)24(28)25(21)14-15-7-2-1-3-8-15/h1-13,21,26H,14H2/t21-/m1/s1. The highest BCUT2D eigenvalue weighted by Crippen LogP contribution is 2.39. The molecule has 5 nitrogen and oxygen atoms in total. The molecule has 0 fully saturated rings. The summed E-state index contributed by atoms with van der Waals surface area (Å²) >= 11 is 0. The molecule has 3 aromatic carbocycles. The van der Waals surface area contributed by atoms with Gasteiger partial charge in [-0.3, -0.25) is 9.59 Å².